The third-order valence-corrected chi connectivity index (χ3v) is 3.47. The predicted molar refractivity (Wildman–Crippen MR) is 37.8 cm³/mol. The van der Waals surface area contributed by atoms with E-state index in [9.17, 15) is 13.2 Å². The number of rotatable bonds is 2. The van der Waals surface area contributed by atoms with Crippen molar-refractivity contribution in [3.63, 3.8) is 0 Å². The highest BCUT2D eigenvalue weighted by Gasteiger charge is 2.63. The lowest BCUT2D eigenvalue weighted by Gasteiger charge is -2.01. The number of aliphatic carboxylic acids is 1. The van der Waals surface area contributed by atoms with Gasteiger partial charge in [-0.25, -0.2) is 8.42 Å². The second-order valence-electron chi connectivity index (χ2n) is 2.87. The van der Waals surface area contributed by atoms with Gasteiger partial charge in [0.2, 0.25) is 0 Å². The average Bonchev–Trinajstić information content (AvgIpc) is 2.41. The second-order valence-corrected chi connectivity index (χ2v) is 5.10. The molecule has 0 aliphatic heterocycles. The lowest BCUT2D eigenvalue weighted by atomic mass is 10.3. The van der Waals surface area contributed by atoms with Gasteiger partial charge in [0.25, 0.3) is 0 Å². The molecule has 11 heavy (non-hydrogen) atoms. The maximum Gasteiger partial charge on any atom is 0.325 e. The highest BCUT2D eigenvalue weighted by molar-refractivity contribution is 7.91. The predicted octanol–water partition coefficient (Wildman–Crippen LogP) is -1.41. The van der Waals surface area contributed by atoms with E-state index in [1.54, 1.807) is 0 Å². The van der Waals surface area contributed by atoms with Crippen LogP contribution in [0.15, 0.2) is 0 Å². The molecule has 64 valence electrons. The van der Waals surface area contributed by atoms with Gasteiger partial charge in [-0.15, -0.1) is 0 Å². The molecule has 2 unspecified atom stereocenters. The van der Waals surface area contributed by atoms with Crippen molar-refractivity contribution in [3.05, 3.63) is 0 Å². The summed E-state index contributed by atoms with van der Waals surface area (Å²) in [6.07, 6.45) is 1.02. The fraction of sp³-hybridized carbons (Fsp3) is 0.800. The van der Waals surface area contributed by atoms with E-state index in [-0.39, 0.29) is 6.42 Å². The van der Waals surface area contributed by atoms with E-state index in [0.29, 0.717) is 0 Å². The van der Waals surface area contributed by atoms with Crippen LogP contribution < -0.4 is 5.73 Å². The number of carbonyl (C=O) groups is 1. The Morgan fingerprint density at radius 1 is 1.73 bits per heavy atom. The molecule has 0 heterocycles. The average molecular weight is 179 g/mol. The van der Waals surface area contributed by atoms with Crippen molar-refractivity contribution in [1.82, 2.24) is 0 Å². The molecule has 1 aliphatic rings. The molecule has 2 atom stereocenters. The van der Waals surface area contributed by atoms with E-state index in [1.807, 2.05) is 0 Å². The largest absolute Gasteiger partial charge is 0.480 e. The van der Waals surface area contributed by atoms with Gasteiger partial charge in [-0.05, 0) is 6.42 Å². The zero-order chi connectivity index (χ0) is 8.86. The van der Waals surface area contributed by atoms with E-state index >= 15 is 0 Å². The Balaban J connectivity index is 2.84. The molecule has 0 aromatic carbocycles. The fourth-order valence-electron chi connectivity index (χ4n) is 1.01. The maximum absolute atomic E-state index is 10.8. The summed E-state index contributed by atoms with van der Waals surface area (Å²) in [4.78, 5) is 10.4. The van der Waals surface area contributed by atoms with Crippen LogP contribution in [0.25, 0.3) is 0 Å². The van der Waals surface area contributed by atoms with Gasteiger partial charge >= 0.3 is 5.97 Å². The van der Waals surface area contributed by atoms with Crippen LogP contribution in [0.3, 0.4) is 0 Å². The summed E-state index contributed by atoms with van der Waals surface area (Å²) in [7, 11) is -3.29. The van der Waals surface area contributed by atoms with Gasteiger partial charge in [0.1, 0.15) is 5.54 Å². The molecule has 0 aromatic heterocycles. The van der Waals surface area contributed by atoms with E-state index in [2.05, 4.69) is 0 Å². The highest BCUT2D eigenvalue weighted by Crippen LogP contribution is 2.39. The smallest absolute Gasteiger partial charge is 0.325 e. The van der Waals surface area contributed by atoms with Crippen LogP contribution >= 0.6 is 0 Å². The van der Waals surface area contributed by atoms with Crippen molar-refractivity contribution < 1.29 is 18.3 Å². The van der Waals surface area contributed by atoms with Gasteiger partial charge in [-0.3, -0.25) is 4.79 Å². The van der Waals surface area contributed by atoms with Crippen LogP contribution in [0.4, 0.5) is 0 Å². The van der Waals surface area contributed by atoms with Crippen molar-refractivity contribution in [2.75, 3.05) is 6.26 Å². The van der Waals surface area contributed by atoms with E-state index < -0.39 is 26.6 Å². The summed E-state index contributed by atoms with van der Waals surface area (Å²) in [5, 5.41) is 7.56. The first-order valence-electron chi connectivity index (χ1n) is 2.99. The molecule has 0 saturated heterocycles. The third-order valence-electron chi connectivity index (χ3n) is 1.85. The van der Waals surface area contributed by atoms with E-state index in [4.69, 9.17) is 10.8 Å². The molecule has 1 fully saturated rings. The summed E-state index contributed by atoms with van der Waals surface area (Å²) in [5.74, 6) is -1.24. The molecule has 6 heteroatoms. The molecule has 0 bridgehead atoms. The summed E-state index contributed by atoms with van der Waals surface area (Å²) in [5.41, 5.74) is 3.72. The Kier molecular flexibility index (Phi) is 1.50. The van der Waals surface area contributed by atoms with Crippen molar-refractivity contribution in [2.24, 2.45) is 5.73 Å². The van der Waals surface area contributed by atoms with Crippen LogP contribution in [0.1, 0.15) is 6.42 Å². The Bertz CT molecular complexity index is 296. The number of hydrogen-bond acceptors (Lipinski definition) is 4. The van der Waals surface area contributed by atoms with Gasteiger partial charge in [-0.1, -0.05) is 0 Å². The number of nitrogens with two attached hydrogens (primary N) is 1. The first-order chi connectivity index (χ1) is 4.78. The number of hydrogen-bond donors (Lipinski definition) is 2. The Labute approximate surface area is 64.1 Å². The lowest BCUT2D eigenvalue weighted by Crippen LogP contribution is -2.38. The van der Waals surface area contributed by atoms with Crippen LogP contribution in [0.2, 0.25) is 0 Å². The Morgan fingerprint density at radius 3 is 2.27 bits per heavy atom. The summed E-state index contributed by atoms with van der Waals surface area (Å²) >= 11 is 0. The van der Waals surface area contributed by atoms with Crippen LogP contribution in [0.5, 0.6) is 0 Å². The molecule has 3 N–H and O–H groups in total. The molecular weight excluding hydrogens is 170 g/mol. The van der Waals surface area contributed by atoms with Crippen LogP contribution in [0, 0.1) is 0 Å². The minimum atomic E-state index is -3.29. The normalized spacial score (nSPS) is 36.7. The van der Waals surface area contributed by atoms with Gasteiger partial charge in [0.05, 0.1) is 5.25 Å². The van der Waals surface area contributed by atoms with E-state index in [1.165, 1.54) is 0 Å². The summed E-state index contributed by atoms with van der Waals surface area (Å²) in [6, 6.07) is 0. The van der Waals surface area contributed by atoms with E-state index in [0.717, 1.165) is 6.26 Å². The van der Waals surface area contributed by atoms with Gasteiger partial charge in [0.15, 0.2) is 9.84 Å². The zero-order valence-electron chi connectivity index (χ0n) is 5.94. The quantitative estimate of drug-likeness (QED) is 0.542. The van der Waals surface area contributed by atoms with Crippen molar-refractivity contribution in [1.29, 1.82) is 0 Å². The van der Waals surface area contributed by atoms with Gasteiger partial charge < -0.3 is 10.8 Å². The lowest BCUT2D eigenvalue weighted by molar-refractivity contribution is -0.139. The number of sulfone groups is 1. The topological polar surface area (TPSA) is 97.5 Å². The number of carboxylic acid groups (broad SMARTS) is 1. The molecule has 0 radical (unpaired) electrons. The molecule has 1 aliphatic carbocycles. The monoisotopic (exact) mass is 179 g/mol. The summed E-state index contributed by atoms with van der Waals surface area (Å²) in [6.45, 7) is 0. The van der Waals surface area contributed by atoms with Gasteiger partial charge in [-0.2, -0.15) is 0 Å². The minimum absolute atomic E-state index is 0.0289. The molecule has 0 aromatic rings. The molecule has 0 amide bonds. The second kappa shape index (κ2) is 1.95. The first kappa shape index (κ1) is 8.48. The third kappa shape index (κ3) is 1.23. The molecule has 1 saturated carbocycles. The van der Waals surface area contributed by atoms with Crippen molar-refractivity contribution >= 4 is 15.8 Å². The molecule has 1 rings (SSSR count). The fourth-order valence-corrected chi connectivity index (χ4v) is 2.45. The first-order valence-corrected chi connectivity index (χ1v) is 4.95. The van der Waals surface area contributed by atoms with Crippen molar-refractivity contribution in [3.8, 4) is 0 Å². The van der Waals surface area contributed by atoms with Crippen LogP contribution in [-0.2, 0) is 14.6 Å². The standard InChI is InChI=1S/C5H9NO4S/c1-11(9,10)3-2-5(3,6)4(7)8/h3H,2,6H2,1H3,(H,7,8). The maximum atomic E-state index is 10.8. The number of carboxylic acids is 1. The zero-order valence-corrected chi connectivity index (χ0v) is 6.76. The van der Waals surface area contributed by atoms with Gasteiger partial charge in [0, 0.05) is 6.26 Å². The molecule has 0 spiro atoms. The SMILES string of the molecule is CS(=O)(=O)C1CC1(N)C(=O)O. The summed E-state index contributed by atoms with van der Waals surface area (Å²) < 4.78 is 21.5. The molecule has 5 nitrogen and oxygen atoms in total. The minimum Gasteiger partial charge on any atom is -0.480 e. The van der Waals surface area contributed by atoms with Crippen LogP contribution in [-0.4, -0.2) is 36.5 Å². The Hall–Kier alpha value is -0.620. The molecular formula is C5H9NO4S. The highest BCUT2D eigenvalue weighted by atomic mass is 32.2. The van der Waals surface area contributed by atoms with Crippen molar-refractivity contribution in [2.45, 2.75) is 17.2 Å². The Morgan fingerprint density at radius 2 is 2.18 bits per heavy atom.